The van der Waals surface area contributed by atoms with E-state index in [4.69, 9.17) is 0 Å². The molecule has 2 aromatic heterocycles. The average Bonchev–Trinajstić information content (AvgIpc) is 3.31. The molecular weight excluding hydrogens is 446 g/mol. The Kier molecular flexibility index (Phi) is 7.90. The molecule has 1 atom stereocenters. The van der Waals surface area contributed by atoms with Gasteiger partial charge in [0.25, 0.3) is 5.91 Å². The normalized spacial score (nSPS) is 15.0. The maximum atomic E-state index is 13.2. The molecule has 34 heavy (non-hydrogen) atoms. The number of hydrogen-bond donors (Lipinski definition) is 0. The lowest BCUT2D eigenvalue weighted by molar-refractivity contribution is -0.132. The lowest BCUT2D eigenvalue weighted by Gasteiger charge is -2.30. The highest BCUT2D eigenvalue weighted by atomic mass is 32.1. The number of anilines is 1. The average molecular weight is 478 g/mol. The molecule has 0 saturated carbocycles. The largest absolute Gasteiger partial charge is 0.353 e. The van der Waals surface area contributed by atoms with E-state index in [1.165, 1.54) is 11.3 Å². The molecule has 0 N–H and O–H groups in total. The minimum atomic E-state index is -0.0667. The predicted molar refractivity (Wildman–Crippen MR) is 136 cm³/mol. The number of hydrogen-bond acceptors (Lipinski definition) is 6. The highest BCUT2D eigenvalue weighted by Crippen LogP contribution is 2.20. The number of rotatable bonds is 7. The molecule has 4 rings (SSSR count). The van der Waals surface area contributed by atoms with E-state index in [1.54, 1.807) is 4.90 Å². The maximum Gasteiger partial charge on any atom is 0.264 e. The summed E-state index contributed by atoms with van der Waals surface area (Å²) in [6.07, 6.45) is 1.64. The molecule has 178 valence electrons. The summed E-state index contributed by atoms with van der Waals surface area (Å²) in [5.74, 6) is 0.753. The number of nitrogens with zero attached hydrogens (tertiary/aromatic N) is 5. The number of thiophene rings is 1. The van der Waals surface area contributed by atoms with Crippen molar-refractivity contribution in [2.75, 3.05) is 37.6 Å². The Balaban J connectivity index is 1.38. The number of amides is 2. The van der Waals surface area contributed by atoms with Crippen LogP contribution in [0.15, 0.2) is 60.0 Å². The van der Waals surface area contributed by atoms with Gasteiger partial charge in [-0.25, -0.2) is 0 Å². The van der Waals surface area contributed by atoms with Gasteiger partial charge in [-0.2, -0.15) is 0 Å². The van der Waals surface area contributed by atoms with E-state index in [1.807, 2.05) is 78.7 Å². The Bertz CT molecular complexity index is 1070. The lowest BCUT2D eigenvalue weighted by atomic mass is 10.1. The van der Waals surface area contributed by atoms with Crippen LogP contribution in [-0.4, -0.2) is 70.6 Å². The van der Waals surface area contributed by atoms with Gasteiger partial charge in [0, 0.05) is 37.8 Å². The molecule has 3 aromatic rings. The fourth-order valence-electron chi connectivity index (χ4n) is 4.09. The van der Waals surface area contributed by atoms with E-state index in [0.29, 0.717) is 24.5 Å². The van der Waals surface area contributed by atoms with Gasteiger partial charge in [-0.05, 0) is 43.3 Å². The van der Waals surface area contributed by atoms with Crippen molar-refractivity contribution in [3.63, 3.8) is 0 Å². The van der Waals surface area contributed by atoms with Gasteiger partial charge in [0.15, 0.2) is 5.82 Å². The van der Waals surface area contributed by atoms with Gasteiger partial charge >= 0.3 is 0 Å². The first kappa shape index (κ1) is 23.9. The molecule has 1 aliphatic rings. The van der Waals surface area contributed by atoms with Crippen molar-refractivity contribution < 1.29 is 9.59 Å². The van der Waals surface area contributed by atoms with Crippen molar-refractivity contribution in [2.45, 2.75) is 32.7 Å². The zero-order valence-electron chi connectivity index (χ0n) is 19.8. The Morgan fingerprint density at radius 1 is 1.00 bits per heavy atom. The summed E-state index contributed by atoms with van der Waals surface area (Å²) in [6, 6.07) is 17.7. The number of carbonyl (C=O) groups is 2. The molecule has 3 heterocycles. The van der Waals surface area contributed by atoms with Crippen molar-refractivity contribution in [3.8, 4) is 11.3 Å². The van der Waals surface area contributed by atoms with Crippen LogP contribution in [0.3, 0.4) is 0 Å². The van der Waals surface area contributed by atoms with Gasteiger partial charge in [0.1, 0.15) is 6.54 Å². The summed E-state index contributed by atoms with van der Waals surface area (Å²) in [5.41, 5.74) is 1.88. The number of carbonyl (C=O) groups excluding carboxylic acids is 2. The zero-order chi connectivity index (χ0) is 23.9. The Labute approximate surface area is 205 Å². The van der Waals surface area contributed by atoms with Crippen LogP contribution in [0, 0.1) is 0 Å². The van der Waals surface area contributed by atoms with Crippen LogP contribution >= 0.6 is 11.3 Å². The van der Waals surface area contributed by atoms with Crippen LogP contribution < -0.4 is 4.90 Å². The van der Waals surface area contributed by atoms with E-state index in [2.05, 4.69) is 15.1 Å². The van der Waals surface area contributed by atoms with Crippen molar-refractivity contribution in [2.24, 2.45) is 0 Å². The second kappa shape index (κ2) is 11.2. The molecule has 1 saturated heterocycles. The summed E-state index contributed by atoms with van der Waals surface area (Å²) in [5, 5.41) is 10.7. The first-order valence-electron chi connectivity index (χ1n) is 11.8. The standard InChI is InChI=1S/C26H31N5O2S/c1-3-20(2)31(26(33)23-11-7-18-34-23)19-25(32)30-15-8-14-29(16-17-30)24-13-12-22(27-28-24)21-9-5-4-6-10-21/h4-7,9-13,18,20H,3,8,14-17,19H2,1-2H3. The Hall–Kier alpha value is -3.26. The monoisotopic (exact) mass is 477 g/mol. The zero-order valence-corrected chi connectivity index (χ0v) is 20.6. The van der Waals surface area contributed by atoms with E-state index in [0.717, 1.165) is 36.5 Å². The van der Waals surface area contributed by atoms with Crippen LogP contribution in [0.2, 0.25) is 0 Å². The van der Waals surface area contributed by atoms with Crippen LogP contribution in [0.4, 0.5) is 5.82 Å². The quantitative estimate of drug-likeness (QED) is 0.511. The first-order valence-corrected chi connectivity index (χ1v) is 12.7. The molecule has 2 amide bonds. The van der Waals surface area contributed by atoms with Gasteiger partial charge in [-0.3, -0.25) is 9.59 Å². The minimum absolute atomic E-state index is 0.000398. The fraction of sp³-hybridized carbons (Fsp3) is 0.385. The van der Waals surface area contributed by atoms with Crippen molar-refractivity contribution in [3.05, 3.63) is 64.9 Å². The highest BCUT2D eigenvalue weighted by Gasteiger charge is 2.27. The van der Waals surface area contributed by atoms with Gasteiger partial charge in [-0.1, -0.05) is 43.3 Å². The molecule has 0 bridgehead atoms. The molecule has 7 nitrogen and oxygen atoms in total. The summed E-state index contributed by atoms with van der Waals surface area (Å²) in [7, 11) is 0. The highest BCUT2D eigenvalue weighted by molar-refractivity contribution is 7.12. The molecule has 1 fully saturated rings. The molecule has 1 aliphatic heterocycles. The SMILES string of the molecule is CCC(C)N(CC(=O)N1CCCN(c2ccc(-c3ccccc3)nn2)CC1)C(=O)c1cccs1. The van der Waals surface area contributed by atoms with Crippen molar-refractivity contribution in [1.29, 1.82) is 0 Å². The van der Waals surface area contributed by atoms with E-state index in [-0.39, 0.29) is 24.4 Å². The van der Waals surface area contributed by atoms with Gasteiger partial charge in [0.05, 0.1) is 10.6 Å². The number of aromatic nitrogens is 2. The topological polar surface area (TPSA) is 69.6 Å². The van der Waals surface area contributed by atoms with Crippen LogP contribution in [0.25, 0.3) is 11.3 Å². The lowest BCUT2D eigenvalue weighted by Crippen LogP contribution is -2.47. The third-order valence-electron chi connectivity index (χ3n) is 6.31. The predicted octanol–water partition coefficient (Wildman–Crippen LogP) is 4.18. The van der Waals surface area contributed by atoms with Crippen molar-refractivity contribution in [1.82, 2.24) is 20.0 Å². The summed E-state index contributed by atoms with van der Waals surface area (Å²) < 4.78 is 0. The summed E-state index contributed by atoms with van der Waals surface area (Å²) in [4.78, 5) is 32.6. The first-order chi connectivity index (χ1) is 16.6. The Morgan fingerprint density at radius 3 is 2.50 bits per heavy atom. The molecule has 0 aliphatic carbocycles. The third-order valence-corrected chi connectivity index (χ3v) is 7.17. The van der Waals surface area contributed by atoms with E-state index >= 15 is 0 Å². The van der Waals surface area contributed by atoms with Gasteiger partial charge in [0.2, 0.25) is 5.91 Å². The molecule has 1 unspecified atom stereocenters. The molecular formula is C26H31N5O2S. The Morgan fingerprint density at radius 2 is 1.82 bits per heavy atom. The van der Waals surface area contributed by atoms with Crippen LogP contribution in [0.1, 0.15) is 36.4 Å². The van der Waals surface area contributed by atoms with E-state index in [9.17, 15) is 9.59 Å². The molecule has 8 heteroatoms. The van der Waals surface area contributed by atoms with E-state index < -0.39 is 0 Å². The number of benzene rings is 1. The molecule has 0 radical (unpaired) electrons. The second-order valence-electron chi connectivity index (χ2n) is 8.53. The second-order valence-corrected chi connectivity index (χ2v) is 9.48. The third kappa shape index (κ3) is 5.62. The maximum absolute atomic E-state index is 13.2. The molecule has 0 spiro atoms. The van der Waals surface area contributed by atoms with Crippen LogP contribution in [0.5, 0.6) is 0 Å². The summed E-state index contributed by atoms with van der Waals surface area (Å²) in [6.45, 7) is 6.92. The fourth-order valence-corrected chi connectivity index (χ4v) is 4.77. The minimum Gasteiger partial charge on any atom is -0.353 e. The van der Waals surface area contributed by atoms with Gasteiger partial charge < -0.3 is 14.7 Å². The molecule has 1 aromatic carbocycles. The summed E-state index contributed by atoms with van der Waals surface area (Å²) >= 11 is 1.41. The van der Waals surface area contributed by atoms with Crippen molar-refractivity contribution >= 4 is 29.0 Å². The van der Waals surface area contributed by atoms with Gasteiger partial charge in [-0.15, -0.1) is 21.5 Å². The smallest absolute Gasteiger partial charge is 0.264 e. The van der Waals surface area contributed by atoms with Crippen LogP contribution in [-0.2, 0) is 4.79 Å².